The lowest BCUT2D eigenvalue weighted by Crippen LogP contribution is -2.46. The van der Waals surface area contributed by atoms with Gasteiger partial charge in [-0.1, -0.05) is 55.7 Å². The number of rotatable bonds is 17. The molecule has 0 aromatic heterocycles. The third-order valence-corrected chi connectivity index (χ3v) is 4.38. The van der Waals surface area contributed by atoms with E-state index in [0.29, 0.717) is 6.42 Å². The number of carboxylic acid groups (broad SMARTS) is 4. The van der Waals surface area contributed by atoms with E-state index >= 15 is 0 Å². The van der Waals surface area contributed by atoms with Gasteiger partial charge in [-0.3, -0.25) is 19.2 Å². The van der Waals surface area contributed by atoms with E-state index in [1.54, 1.807) is 18.2 Å². The second-order valence-corrected chi connectivity index (χ2v) is 6.65. The van der Waals surface area contributed by atoms with Gasteiger partial charge < -0.3 is 20.4 Å². The highest BCUT2D eigenvalue weighted by Crippen LogP contribution is 2.26. The van der Waals surface area contributed by atoms with Gasteiger partial charge in [-0.2, -0.15) is 0 Å². The van der Waals surface area contributed by atoms with E-state index in [4.69, 9.17) is 20.4 Å². The smallest absolute Gasteiger partial charge is 0.332 e. The minimum atomic E-state index is -2.80. The Morgan fingerprint density at radius 2 is 1.03 bits per heavy atom. The number of allylic oxidation sites excluding steroid dienone is 6. The molecule has 0 aromatic rings. The van der Waals surface area contributed by atoms with Gasteiger partial charge in [-0.25, -0.2) is 0 Å². The van der Waals surface area contributed by atoms with Gasteiger partial charge in [0.05, 0.1) is 0 Å². The molecule has 0 aliphatic carbocycles. The predicted molar refractivity (Wildman–Crippen MR) is 107 cm³/mol. The Hall–Kier alpha value is -2.90. The average molecular weight is 410 g/mol. The summed E-state index contributed by atoms with van der Waals surface area (Å²) in [6.45, 7) is 0. The highest BCUT2D eigenvalue weighted by atomic mass is 16.4. The summed E-state index contributed by atoms with van der Waals surface area (Å²) in [5.74, 6) is -6.35. The number of carbonyl (C=O) groups is 4. The van der Waals surface area contributed by atoms with Crippen molar-refractivity contribution in [1.29, 1.82) is 0 Å². The largest absolute Gasteiger partial charge is 0.481 e. The highest BCUT2D eigenvalue weighted by molar-refractivity contribution is 6.16. The summed E-state index contributed by atoms with van der Waals surface area (Å²) in [7, 11) is 0. The molecule has 162 valence electrons. The van der Waals surface area contributed by atoms with Gasteiger partial charge >= 0.3 is 23.9 Å². The van der Waals surface area contributed by atoms with Crippen LogP contribution in [0.3, 0.4) is 0 Å². The number of hydrogen-bond acceptors (Lipinski definition) is 4. The molecule has 0 spiro atoms. The van der Waals surface area contributed by atoms with Crippen LogP contribution in [0.5, 0.6) is 0 Å². The molecule has 0 fully saturated rings. The van der Waals surface area contributed by atoms with Crippen molar-refractivity contribution >= 4 is 23.9 Å². The maximum atomic E-state index is 11.1. The first-order valence-electron chi connectivity index (χ1n) is 9.65. The molecule has 0 bridgehead atoms. The number of aliphatic carboxylic acids is 4. The van der Waals surface area contributed by atoms with Crippen molar-refractivity contribution in [3.8, 4) is 0 Å². The zero-order valence-corrected chi connectivity index (χ0v) is 16.5. The summed E-state index contributed by atoms with van der Waals surface area (Å²) in [5, 5.41) is 35.5. The van der Waals surface area contributed by atoms with Gasteiger partial charge in [0.1, 0.15) is 0 Å². The Morgan fingerprint density at radius 1 is 0.586 bits per heavy atom. The van der Waals surface area contributed by atoms with Crippen LogP contribution in [0.1, 0.15) is 64.2 Å². The van der Waals surface area contributed by atoms with Gasteiger partial charge in [0.25, 0.3) is 5.41 Å². The minimum Gasteiger partial charge on any atom is -0.481 e. The molecule has 0 radical (unpaired) electrons. The van der Waals surface area contributed by atoms with Crippen LogP contribution in [0.25, 0.3) is 0 Å². The Labute approximate surface area is 170 Å². The zero-order chi connectivity index (χ0) is 22.1. The Kier molecular flexibility index (Phi) is 13.6. The van der Waals surface area contributed by atoms with E-state index in [2.05, 4.69) is 0 Å². The zero-order valence-electron chi connectivity index (χ0n) is 16.5. The molecule has 0 unspecified atom stereocenters. The summed E-state index contributed by atoms with van der Waals surface area (Å²) >= 11 is 0. The van der Waals surface area contributed by atoms with Crippen molar-refractivity contribution < 1.29 is 39.6 Å². The molecule has 0 saturated heterocycles. The lowest BCUT2D eigenvalue weighted by Gasteiger charge is -2.19. The fourth-order valence-electron chi connectivity index (χ4n) is 2.63. The monoisotopic (exact) mass is 410 g/mol. The summed E-state index contributed by atoms with van der Waals surface area (Å²) in [4.78, 5) is 43.6. The first kappa shape index (κ1) is 26.1. The molecule has 0 saturated carbocycles. The number of unbranched alkanes of at least 4 members (excludes halogenated alkanes) is 6. The average Bonchev–Trinajstić information content (AvgIpc) is 2.63. The first-order valence-corrected chi connectivity index (χ1v) is 9.65. The molecular formula is C21H30O8. The SMILES string of the molecule is O=C(O)CCCCCCCC=CC=CC=CCCCC(C(=O)O)(C(=O)O)C(=O)O. The van der Waals surface area contributed by atoms with Gasteiger partial charge in [0.2, 0.25) is 0 Å². The van der Waals surface area contributed by atoms with E-state index < -0.39 is 35.7 Å². The van der Waals surface area contributed by atoms with Crippen LogP contribution in [0.2, 0.25) is 0 Å². The second kappa shape index (κ2) is 15.1. The van der Waals surface area contributed by atoms with Crippen molar-refractivity contribution in [3.63, 3.8) is 0 Å². The van der Waals surface area contributed by atoms with Crippen LogP contribution in [-0.4, -0.2) is 44.3 Å². The van der Waals surface area contributed by atoms with Gasteiger partial charge in [0, 0.05) is 6.42 Å². The van der Waals surface area contributed by atoms with E-state index in [9.17, 15) is 19.2 Å². The van der Waals surface area contributed by atoms with Crippen LogP contribution >= 0.6 is 0 Å². The first-order chi connectivity index (χ1) is 13.7. The van der Waals surface area contributed by atoms with Crippen LogP contribution in [0.15, 0.2) is 36.5 Å². The van der Waals surface area contributed by atoms with Crippen LogP contribution in [-0.2, 0) is 19.2 Å². The summed E-state index contributed by atoms with van der Waals surface area (Å²) in [6, 6.07) is 0. The van der Waals surface area contributed by atoms with Gasteiger partial charge in [0.15, 0.2) is 0 Å². The molecular weight excluding hydrogens is 380 g/mol. The summed E-state index contributed by atoms with van der Waals surface area (Å²) in [6.07, 6.45) is 17.0. The predicted octanol–water partition coefficient (Wildman–Crippen LogP) is 3.88. The molecule has 0 heterocycles. The third-order valence-electron chi connectivity index (χ3n) is 4.38. The number of carboxylic acids is 4. The topological polar surface area (TPSA) is 149 Å². The lowest BCUT2D eigenvalue weighted by atomic mass is 9.83. The van der Waals surface area contributed by atoms with E-state index in [0.717, 1.165) is 38.5 Å². The number of hydrogen-bond donors (Lipinski definition) is 4. The Balaban J connectivity index is 3.97. The third kappa shape index (κ3) is 10.9. The van der Waals surface area contributed by atoms with Crippen molar-refractivity contribution in [2.75, 3.05) is 0 Å². The second-order valence-electron chi connectivity index (χ2n) is 6.65. The maximum Gasteiger partial charge on any atom is 0.332 e. The molecule has 4 N–H and O–H groups in total. The van der Waals surface area contributed by atoms with E-state index in [-0.39, 0.29) is 12.8 Å². The molecule has 0 atom stereocenters. The molecule has 0 rings (SSSR count). The molecule has 0 aliphatic heterocycles. The van der Waals surface area contributed by atoms with Crippen molar-refractivity contribution in [3.05, 3.63) is 36.5 Å². The summed E-state index contributed by atoms with van der Waals surface area (Å²) in [5.41, 5.74) is -2.80. The molecule has 29 heavy (non-hydrogen) atoms. The van der Waals surface area contributed by atoms with E-state index in [1.807, 2.05) is 18.2 Å². The molecule has 8 heteroatoms. The van der Waals surface area contributed by atoms with Crippen LogP contribution in [0.4, 0.5) is 0 Å². The molecule has 0 amide bonds. The van der Waals surface area contributed by atoms with Crippen LogP contribution < -0.4 is 0 Å². The molecule has 0 aliphatic rings. The fourth-order valence-corrected chi connectivity index (χ4v) is 2.63. The van der Waals surface area contributed by atoms with Crippen molar-refractivity contribution in [2.24, 2.45) is 5.41 Å². The minimum absolute atomic E-state index is 0.123. The molecule has 0 aromatic carbocycles. The quantitative estimate of drug-likeness (QED) is 0.160. The Morgan fingerprint density at radius 3 is 1.52 bits per heavy atom. The standard InChI is InChI=1S/C21H30O8/c22-17(23)15-13-11-9-7-5-3-1-2-4-6-8-10-12-14-16-21(18(24)25,19(26)27)20(28)29/h1-2,4,6,8,10H,3,5,7,9,11-16H2,(H,22,23)(H,24,25)(H,26,27)(H,28,29). The van der Waals surface area contributed by atoms with Crippen molar-refractivity contribution in [2.45, 2.75) is 64.2 Å². The summed E-state index contributed by atoms with van der Waals surface area (Å²) < 4.78 is 0. The van der Waals surface area contributed by atoms with Gasteiger partial charge in [-0.15, -0.1) is 0 Å². The lowest BCUT2D eigenvalue weighted by molar-refractivity contribution is -0.176. The maximum absolute atomic E-state index is 11.1. The van der Waals surface area contributed by atoms with Crippen molar-refractivity contribution in [1.82, 2.24) is 0 Å². The molecule has 8 nitrogen and oxygen atoms in total. The fraction of sp³-hybridized carbons (Fsp3) is 0.524. The normalized spacial score (nSPS) is 12.1. The van der Waals surface area contributed by atoms with Gasteiger partial charge in [-0.05, 0) is 38.5 Å². The van der Waals surface area contributed by atoms with E-state index in [1.165, 1.54) is 0 Å². The van der Waals surface area contributed by atoms with Crippen LogP contribution in [0, 0.1) is 5.41 Å². The Bertz CT molecular complexity index is 595. The highest BCUT2D eigenvalue weighted by Gasteiger charge is 2.53.